The van der Waals surface area contributed by atoms with Crippen LogP contribution in [0.5, 0.6) is 0 Å². The minimum Gasteiger partial charge on any atom is -0.352 e. The minimum atomic E-state index is -0.0893. The number of benzene rings is 1. The van der Waals surface area contributed by atoms with Gasteiger partial charge in [0.1, 0.15) is 0 Å². The first-order valence-corrected chi connectivity index (χ1v) is 5.71. The first-order chi connectivity index (χ1) is 8.27. The monoisotopic (exact) mass is 232 g/mol. The molecule has 0 atom stereocenters. The second-order valence-corrected chi connectivity index (χ2v) is 3.70. The highest BCUT2D eigenvalue weighted by atomic mass is 16.1. The number of hydrogen-bond acceptors (Lipinski definition) is 2. The Balaban J connectivity index is 2.49. The summed E-state index contributed by atoms with van der Waals surface area (Å²) in [6, 6.07) is 6.56. The van der Waals surface area contributed by atoms with E-state index in [4.69, 9.17) is 5.53 Å². The van der Waals surface area contributed by atoms with E-state index in [0.29, 0.717) is 17.8 Å². The van der Waals surface area contributed by atoms with Crippen LogP contribution in [0.25, 0.3) is 10.4 Å². The molecule has 1 aromatic rings. The number of azide groups is 1. The molecular formula is C12H16N4O. The molecule has 0 saturated carbocycles. The van der Waals surface area contributed by atoms with E-state index in [1.807, 2.05) is 0 Å². The van der Waals surface area contributed by atoms with E-state index < -0.39 is 0 Å². The Morgan fingerprint density at radius 2 is 2.06 bits per heavy atom. The number of amides is 1. The van der Waals surface area contributed by atoms with E-state index in [-0.39, 0.29) is 5.91 Å². The summed E-state index contributed by atoms with van der Waals surface area (Å²) in [6.45, 7) is 2.82. The lowest BCUT2D eigenvalue weighted by Gasteiger charge is -2.04. The van der Waals surface area contributed by atoms with Gasteiger partial charge >= 0.3 is 0 Å². The fourth-order valence-electron chi connectivity index (χ4n) is 1.41. The molecular weight excluding hydrogens is 216 g/mol. The molecule has 0 aliphatic carbocycles. The van der Waals surface area contributed by atoms with Crippen LogP contribution < -0.4 is 5.32 Å². The molecule has 1 aromatic carbocycles. The molecule has 0 aliphatic rings. The van der Waals surface area contributed by atoms with Gasteiger partial charge in [-0.3, -0.25) is 4.79 Å². The van der Waals surface area contributed by atoms with Gasteiger partial charge < -0.3 is 5.32 Å². The maximum Gasteiger partial charge on any atom is 0.251 e. The fourth-order valence-corrected chi connectivity index (χ4v) is 1.41. The van der Waals surface area contributed by atoms with E-state index >= 15 is 0 Å². The van der Waals surface area contributed by atoms with Crippen LogP contribution in [0, 0.1) is 0 Å². The van der Waals surface area contributed by atoms with Crippen molar-refractivity contribution in [2.45, 2.75) is 26.2 Å². The Bertz CT molecular complexity index is 407. The standard InChI is InChI=1S/C12H16N4O/c1-2-3-4-9-14-12(17)10-5-7-11(8-6-10)15-16-13/h5-8H,2-4,9H2,1H3,(H,14,17). The van der Waals surface area contributed by atoms with Crippen LogP contribution in [-0.4, -0.2) is 12.5 Å². The second-order valence-electron chi connectivity index (χ2n) is 3.70. The second kappa shape index (κ2) is 7.30. The zero-order valence-corrected chi connectivity index (χ0v) is 9.89. The average molecular weight is 232 g/mol. The Morgan fingerprint density at radius 1 is 1.35 bits per heavy atom. The van der Waals surface area contributed by atoms with E-state index in [1.54, 1.807) is 24.3 Å². The van der Waals surface area contributed by atoms with Crippen molar-refractivity contribution in [1.29, 1.82) is 0 Å². The Hall–Kier alpha value is -2.00. The maximum atomic E-state index is 11.7. The molecule has 0 unspecified atom stereocenters. The van der Waals surface area contributed by atoms with E-state index in [9.17, 15) is 4.79 Å². The third-order valence-electron chi connectivity index (χ3n) is 2.36. The SMILES string of the molecule is CCCCCNC(=O)c1ccc(N=[N+]=[N-])cc1. The molecule has 0 aromatic heterocycles. The Morgan fingerprint density at radius 3 is 2.65 bits per heavy atom. The number of nitrogens with zero attached hydrogens (tertiary/aromatic N) is 3. The van der Waals surface area contributed by atoms with Crippen molar-refractivity contribution < 1.29 is 4.79 Å². The predicted molar refractivity (Wildman–Crippen MR) is 67.1 cm³/mol. The van der Waals surface area contributed by atoms with E-state index in [0.717, 1.165) is 19.3 Å². The summed E-state index contributed by atoms with van der Waals surface area (Å²) in [5, 5.41) is 6.29. The molecule has 0 bridgehead atoms. The van der Waals surface area contributed by atoms with Gasteiger partial charge in [-0.1, -0.05) is 37.0 Å². The van der Waals surface area contributed by atoms with Gasteiger partial charge in [0.2, 0.25) is 0 Å². The summed E-state index contributed by atoms with van der Waals surface area (Å²) >= 11 is 0. The molecule has 0 fully saturated rings. The topological polar surface area (TPSA) is 77.9 Å². The number of hydrogen-bond donors (Lipinski definition) is 1. The van der Waals surface area contributed by atoms with Crippen molar-refractivity contribution in [2.75, 3.05) is 6.54 Å². The van der Waals surface area contributed by atoms with Crippen molar-refractivity contribution in [1.82, 2.24) is 5.32 Å². The largest absolute Gasteiger partial charge is 0.352 e. The molecule has 5 heteroatoms. The van der Waals surface area contributed by atoms with Gasteiger partial charge in [-0.05, 0) is 24.1 Å². The van der Waals surface area contributed by atoms with E-state index in [1.165, 1.54) is 0 Å². The molecule has 0 spiro atoms. The quantitative estimate of drug-likeness (QED) is 0.346. The fraction of sp³-hybridized carbons (Fsp3) is 0.417. The molecule has 0 saturated heterocycles. The summed E-state index contributed by atoms with van der Waals surface area (Å²) in [6.07, 6.45) is 3.26. The molecule has 0 radical (unpaired) electrons. The minimum absolute atomic E-state index is 0.0893. The van der Waals surface area contributed by atoms with E-state index in [2.05, 4.69) is 22.3 Å². The number of carbonyl (C=O) groups excluding carboxylic acids is 1. The Labute approximate surface area is 100 Å². The van der Waals surface area contributed by atoms with Gasteiger partial charge in [-0.2, -0.15) is 0 Å². The van der Waals surface area contributed by atoms with Crippen molar-refractivity contribution in [3.05, 3.63) is 40.3 Å². The van der Waals surface area contributed by atoms with Crippen molar-refractivity contribution in [3.8, 4) is 0 Å². The van der Waals surface area contributed by atoms with Gasteiger partial charge in [0.05, 0.1) is 0 Å². The first-order valence-electron chi connectivity index (χ1n) is 5.71. The van der Waals surface area contributed by atoms with Crippen LogP contribution in [0.1, 0.15) is 36.5 Å². The molecule has 17 heavy (non-hydrogen) atoms. The summed E-state index contributed by atoms with van der Waals surface area (Å²) < 4.78 is 0. The van der Waals surface area contributed by atoms with Gasteiger partial charge in [0, 0.05) is 22.7 Å². The lowest BCUT2D eigenvalue weighted by Crippen LogP contribution is -2.24. The van der Waals surface area contributed by atoms with Crippen LogP contribution >= 0.6 is 0 Å². The van der Waals surface area contributed by atoms with Crippen LogP contribution in [0.15, 0.2) is 29.4 Å². The molecule has 1 amide bonds. The average Bonchev–Trinajstić information content (AvgIpc) is 2.36. The highest BCUT2D eigenvalue weighted by Crippen LogP contribution is 2.12. The summed E-state index contributed by atoms with van der Waals surface area (Å²) in [7, 11) is 0. The smallest absolute Gasteiger partial charge is 0.251 e. The van der Waals surface area contributed by atoms with Crippen molar-refractivity contribution in [3.63, 3.8) is 0 Å². The highest BCUT2D eigenvalue weighted by molar-refractivity contribution is 5.94. The summed E-state index contributed by atoms with van der Waals surface area (Å²) in [5.41, 5.74) is 9.34. The molecule has 0 aliphatic heterocycles. The molecule has 90 valence electrons. The number of unbranched alkanes of at least 4 members (excludes halogenated alkanes) is 2. The van der Waals surface area contributed by atoms with Gasteiger partial charge in [-0.15, -0.1) is 0 Å². The predicted octanol–water partition coefficient (Wildman–Crippen LogP) is 3.55. The number of carbonyl (C=O) groups is 1. The Kier molecular flexibility index (Phi) is 5.61. The number of rotatable bonds is 6. The van der Waals surface area contributed by atoms with Crippen LogP contribution in [-0.2, 0) is 0 Å². The molecule has 5 nitrogen and oxygen atoms in total. The van der Waals surface area contributed by atoms with Crippen LogP contribution in [0.4, 0.5) is 5.69 Å². The van der Waals surface area contributed by atoms with Crippen molar-refractivity contribution in [2.24, 2.45) is 5.11 Å². The van der Waals surface area contributed by atoms with Gasteiger partial charge in [-0.25, -0.2) is 0 Å². The summed E-state index contributed by atoms with van der Waals surface area (Å²) in [4.78, 5) is 14.3. The summed E-state index contributed by atoms with van der Waals surface area (Å²) in [5.74, 6) is -0.0893. The molecule has 1 N–H and O–H groups in total. The zero-order chi connectivity index (χ0) is 12.5. The maximum absolute atomic E-state index is 11.7. The van der Waals surface area contributed by atoms with Crippen LogP contribution in [0.3, 0.4) is 0 Å². The molecule has 1 rings (SSSR count). The van der Waals surface area contributed by atoms with Crippen molar-refractivity contribution >= 4 is 11.6 Å². The lowest BCUT2D eigenvalue weighted by molar-refractivity contribution is 0.0953. The third kappa shape index (κ3) is 4.57. The third-order valence-corrected chi connectivity index (χ3v) is 2.36. The molecule has 0 heterocycles. The van der Waals surface area contributed by atoms with Gasteiger partial charge in [0.15, 0.2) is 0 Å². The number of nitrogens with one attached hydrogen (secondary N) is 1. The van der Waals surface area contributed by atoms with Gasteiger partial charge in [0.25, 0.3) is 5.91 Å². The normalized spacial score (nSPS) is 9.47. The lowest BCUT2D eigenvalue weighted by atomic mass is 10.2. The zero-order valence-electron chi connectivity index (χ0n) is 9.89. The van der Waals surface area contributed by atoms with Crippen LogP contribution in [0.2, 0.25) is 0 Å². The first kappa shape index (κ1) is 13.1. The highest BCUT2D eigenvalue weighted by Gasteiger charge is 2.03.